The van der Waals surface area contributed by atoms with E-state index in [2.05, 4.69) is 15.9 Å². The lowest BCUT2D eigenvalue weighted by atomic mass is 10.1. The fourth-order valence-corrected chi connectivity index (χ4v) is 2.60. The third-order valence-electron chi connectivity index (χ3n) is 1.72. The number of benzene rings is 1. The van der Waals surface area contributed by atoms with Gasteiger partial charge in [-0.05, 0) is 17.7 Å². The molecule has 82 valence electrons. The van der Waals surface area contributed by atoms with E-state index in [-0.39, 0.29) is 11.3 Å². The smallest absolute Gasteiger partial charge is 0.335 e. The van der Waals surface area contributed by atoms with Crippen molar-refractivity contribution in [1.82, 2.24) is 0 Å². The largest absolute Gasteiger partial charge is 0.478 e. The lowest BCUT2D eigenvalue weighted by Crippen LogP contribution is -2.03. The van der Waals surface area contributed by atoms with Crippen LogP contribution in [-0.2, 0) is 15.6 Å². The van der Waals surface area contributed by atoms with Crippen LogP contribution in [0, 0.1) is 0 Å². The van der Waals surface area contributed by atoms with Gasteiger partial charge in [0.05, 0.1) is 11.3 Å². The van der Waals surface area contributed by atoms with Gasteiger partial charge in [0.25, 0.3) is 0 Å². The van der Waals surface area contributed by atoms with Crippen molar-refractivity contribution in [1.29, 1.82) is 0 Å². The van der Waals surface area contributed by atoms with Gasteiger partial charge in [-0.3, -0.25) is 0 Å². The Bertz CT molecular complexity index is 493. The van der Waals surface area contributed by atoms with E-state index in [9.17, 15) is 13.2 Å². The van der Waals surface area contributed by atoms with Crippen LogP contribution in [0.15, 0.2) is 22.7 Å². The molecule has 0 heterocycles. The minimum absolute atomic E-state index is 0.104. The van der Waals surface area contributed by atoms with Gasteiger partial charge in [0.15, 0.2) is 9.84 Å². The van der Waals surface area contributed by atoms with Crippen molar-refractivity contribution in [3.8, 4) is 0 Å². The predicted octanol–water partition coefficient (Wildman–Crippen LogP) is 1.69. The molecule has 0 unspecified atom stereocenters. The van der Waals surface area contributed by atoms with E-state index in [0.717, 1.165) is 6.26 Å². The highest BCUT2D eigenvalue weighted by Crippen LogP contribution is 2.20. The van der Waals surface area contributed by atoms with Crippen LogP contribution in [0.3, 0.4) is 0 Å². The first-order valence-corrected chi connectivity index (χ1v) is 6.84. The van der Waals surface area contributed by atoms with Crippen LogP contribution in [0.1, 0.15) is 15.9 Å². The van der Waals surface area contributed by atoms with Gasteiger partial charge in [-0.1, -0.05) is 22.0 Å². The number of aromatic carboxylic acids is 1. The van der Waals surface area contributed by atoms with Crippen LogP contribution in [0.4, 0.5) is 0 Å². The lowest BCUT2D eigenvalue weighted by molar-refractivity contribution is 0.0697. The van der Waals surface area contributed by atoms with E-state index in [1.165, 1.54) is 18.2 Å². The Morgan fingerprint density at radius 3 is 2.47 bits per heavy atom. The molecule has 0 amide bonds. The molecule has 0 atom stereocenters. The van der Waals surface area contributed by atoms with Crippen molar-refractivity contribution in [2.75, 3.05) is 6.26 Å². The molecule has 0 aliphatic carbocycles. The second-order valence-electron chi connectivity index (χ2n) is 3.18. The summed E-state index contributed by atoms with van der Waals surface area (Å²) in [6, 6.07) is 4.27. The summed E-state index contributed by atoms with van der Waals surface area (Å²) in [5, 5.41) is 8.69. The van der Waals surface area contributed by atoms with Gasteiger partial charge in [0.2, 0.25) is 0 Å². The molecule has 4 nitrogen and oxygen atoms in total. The normalized spacial score (nSPS) is 11.3. The van der Waals surface area contributed by atoms with Crippen molar-refractivity contribution >= 4 is 31.7 Å². The van der Waals surface area contributed by atoms with Gasteiger partial charge in [-0.2, -0.15) is 0 Å². The molecule has 0 aliphatic heterocycles. The third-order valence-corrected chi connectivity index (χ3v) is 3.29. The molecule has 0 saturated carbocycles. The molecule has 1 aromatic rings. The maximum Gasteiger partial charge on any atom is 0.335 e. The molecule has 1 rings (SSSR count). The number of rotatable bonds is 3. The van der Waals surface area contributed by atoms with Gasteiger partial charge in [0.1, 0.15) is 0 Å². The van der Waals surface area contributed by atoms with Gasteiger partial charge >= 0.3 is 5.97 Å². The van der Waals surface area contributed by atoms with Crippen LogP contribution in [0.5, 0.6) is 0 Å². The summed E-state index contributed by atoms with van der Waals surface area (Å²) in [6.45, 7) is 0. The van der Waals surface area contributed by atoms with E-state index in [4.69, 9.17) is 5.11 Å². The number of hydrogen-bond acceptors (Lipinski definition) is 3. The molecule has 15 heavy (non-hydrogen) atoms. The van der Waals surface area contributed by atoms with Crippen LogP contribution >= 0.6 is 15.9 Å². The molecule has 0 saturated heterocycles. The van der Waals surface area contributed by atoms with E-state index in [0.29, 0.717) is 10.0 Å². The number of sulfone groups is 1. The molecule has 0 aliphatic rings. The monoisotopic (exact) mass is 292 g/mol. The van der Waals surface area contributed by atoms with E-state index >= 15 is 0 Å². The first kappa shape index (κ1) is 12.2. The molecule has 0 spiro atoms. The SMILES string of the molecule is CS(=O)(=O)Cc1ccc(C(=O)O)cc1Br. The van der Waals surface area contributed by atoms with Crippen LogP contribution < -0.4 is 0 Å². The number of carboxylic acid groups (broad SMARTS) is 1. The minimum Gasteiger partial charge on any atom is -0.478 e. The molecule has 1 aromatic carbocycles. The maximum atomic E-state index is 11.0. The van der Waals surface area contributed by atoms with Crippen molar-refractivity contribution < 1.29 is 18.3 Å². The molecule has 0 bridgehead atoms. The van der Waals surface area contributed by atoms with Crippen LogP contribution in [0.2, 0.25) is 0 Å². The van der Waals surface area contributed by atoms with Gasteiger partial charge in [0, 0.05) is 10.7 Å². The summed E-state index contributed by atoms with van der Waals surface area (Å²) in [5.41, 5.74) is 0.682. The Kier molecular flexibility index (Phi) is 3.51. The average Bonchev–Trinajstić information content (AvgIpc) is 2.05. The Labute approximate surface area is 96.0 Å². The predicted molar refractivity (Wildman–Crippen MR) is 59.6 cm³/mol. The number of carboxylic acids is 1. The highest BCUT2D eigenvalue weighted by molar-refractivity contribution is 9.10. The van der Waals surface area contributed by atoms with Gasteiger partial charge in [-0.25, -0.2) is 13.2 Å². The zero-order valence-corrected chi connectivity index (χ0v) is 10.3. The molecule has 1 N–H and O–H groups in total. The highest BCUT2D eigenvalue weighted by Gasteiger charge is 2.10. The van der Waals surface area contributed by atoms with Gasteiger partial charge in [-0.15, -0.1) is 0 Å². The number of hydrogen-bond donors (Lipinski definition) is 1. The summed E-state index contributed by atoms with van der Waals surface area (Å²) in [7, 11) is -3.11. The standard InChI is InChI=1S/C9H9BrO4S/c1-15(13,14)5-7-3-2-6(9(11)12)4-8(7)10/h2-4H,5H2,1H3,(H,11,12). The molecule has 0 fully saturated rings. The lowest BCUT2D eigenvalue weighted by Gasteiger charge is -2.03. The van der Waals surface area contributed by atoms with Crippen LogP contribution in [0.25, 0.3) is 0 Å². The fraction of sp³-hybridized carbons (Fsp3) is 0.222. The Hall–Kier alpha value is -0.880. The van der Waals surface area contributed by atoms with E-state index < -0.39 is 15.8 Å². The maximum absolute atomic E-state index is 11.0. The van der Waals surface area contributed by atoms with Crippen molar-refractivity contribution in [2.24, 2.45) is 0 Å². The summed E-state index contributed by atoms with van der Waals surface area (Å²) in [4.78, 5) is 10.6. The minimum atomic E-state index is -3.11. The molecule has 0 aromatic heterocycles. The summed E-state index contributed by atoms with van der Waals surface area (Å²) in [5.74, 6) is -1.14. The quantitative estimate of drug-likeness (QED) is 0.920. The zero-order chi connectivity index (χ0) is 11.6. The third kappa shape index (κ3) is 3.64. The van der Waals surface area contributed by atoms with E-state index in [1.54, 1.807) is 0 Å². The second kappa shape index (κ2) is 4.32. The zero-order valence-electron chi connectivity index (χ0n) is 7.90. The topological polar surface area (TPSA) is 71.4 Å². The second-order valence-corrected chi connectivity index (χ2v) is 6.18. The first-order valence-electron chi connectivity index (χ1n) is 3.99. The van der Waals surface area contributed by atoms with E-state index in [1.807, 2.05) is 0 Å². The van der Waals surface area contributed by atoms with Crippen molar-refractivity contribution in [3.05, 3.63) is 33.8 Å². The van der Waals surface area contributed by atoms with Crippen molar-refractivity contribution in [2.45, 2.75) is 5.75 Å². The molecule has 0 radical (unpaired) electrons. The van der Waals surface area contributed by atoms with Crippen molar-refractivity contribution in [3.63, 3.8) is 0 Å². The first-order chi connectivity index (χ1) is 6.79. The summed E-state index contributed by atoms with van der Waals surface area (Å²) in [6.07, 6.45) is 1.13. The van der Waals surface area contributed by atoms with Gasteiger partial charge < -0.3 is 5.11 Å². The number of carbonyl (C=O) groups is 1. The Morgan fingerprint density at radius 1 is 1.47 bits per heavy atom. The Morgan fingerprint density at radius 2 is 2.07 bits per heavy atom. The Balaban J connectivity index is 3.09. The molecular weight excluding hydrogens is 284 g/mol. The highest BCUT2D eigenvalue weighted by atomic mass is 79.9. The van der Waals surface area contributed by atoms with Crippen LogP contribution in [-0.4, -0.2) is 25.7 Å². The fourth-order valence-electron chi connectivity index (χ4n) is 1.08. The number of halogens is 1. The summed E-state index contributed by atoms with van der Waals surface area (Å²) < 4.78 is 22.6. The molecule has 6 heteroatoms. The average molecular weight is 293 g/mol. The molecular formula is C9H9BrO4S. The summed E-state index contributed by atoms with van der Waals surface area (Å²) >= 11 is 3.14.